The lowest BCUT2D eigenvalue weighted by atomic mass is 10.3. The highest BCUT2D eigenvalue weighted by Gasteiger charge is 2.31. The molecule has 18 heavy (non-hydrogen) atoms. The smallest absolute Gasteiger partial charge is 0.352 e. The van der Waals surface area contributed by atoms with Crippen molar-refractivity contribution in [1.82, 2.24) is 9.71 Å². The maximum absolute atomic E-state index is 11.8. The maximum Gasteiger partial charge on any atom is 0.352 e. The standard InChI is InChI=1S/C9H10N2O6S/c12-8(13)7-3-5(4-10-7)18(15,16)11-6-1-2-17-9(6)14/h3-4,6,10-11H,1-2H2,(H,12,13). The first kappa shape index (κ1) is 12.6. The molecule has 1 aromatic heterocycles. The summed E-state index contributed by atoms with van der Waals surface area (Å²) in [6.07, 6.45) is 1.31. The third-order valence-electron chi connectivity index (χ3n) is 2.43. The Labute approximate surface area is 102 Å². The van der Waals surface area contributed by atoms with Gasteiger partial charge >= 0.3 is 11.9 Å². The summed E-state index contributed by atoms with van der Waals surface area (Å²) in [5.74, 6) is -1.90. The van der Waals surface area contributed by atoms with Crippen LogP contribution in [0.1, 0.15) is 16.9 Å². The Bertz CT molecular complexity index is 590. The first-order chi connectivity index (χ1) is 8.40. The monoisotopic (exact) mass is 274 g/mol. The summed E-state index contributed by atoms with van der Waals surface area (Å²) in [6.45, 7) is 0.166. The van der Waals surface area contributed by atoms with Crippen molar-refractivity contribution in [3.63, 3.8) is 0 Å². The Morgan fingerprint density at radius 1 is 1.56 bits per heavy atom. The SMILES string of the molecule is O=C(O)c1cc(S(=O)(=O)NC2CCOC2=O)c[nH]1. The number of carbonyl (C=O) groups excluding carboxylic acids is 1. The Kier molecular flexibility index (Phi) is 3.09. The van der Waals surface area contributed by atoms with Gasteiger partial charge in [0.05, 0.1) is 6.61 Å². The third-order valence-corrected chi connectivity index (χ3v) is 3.88. The van der Waals surface area contributed by atoms with Crippen LogP contribution in [0.15, 0.2) is 17.2 Å². The summed E-state index contributed by atoms with van der Waals surface area (Å²) >= 11 is 0. The van der Waals surface area contributed by atoms with Gasteiger partial charge in [0.2, 0.25) is 10.0 Å². The molecule has 2 heterocycles. The van der Waals surface area contributed by atoms with Crippen LogP contribution in [0.3, 0.4) is 0 Å². The molecule has 0 radical (unpaired) electrons. The molecule has 0 saturated carbocycles. The number of sulfonamides is 1. The largest absolute Gasteiger partial charge is 0.477 e. The van der Waals surface area contributed by atoms with Crippen molar-refractivity contribution in [2.45, 2.75) is 17.4 Å². The van der Waals surface area contributed by atoms with Crippen LogP contribution in [0.25, 0.3) is 0 Å². The first-order valence-electron chi connectivity index (χ1n) is 5.01. The molecule has 2 rings (SSSR count). The number of aromatic nitrogens is 1. The van der Waals surface area contributed by atoms with Crippen LogP contribution in [0.4, 0.5) is 0 Å². The molecule has 9 heteroatoms. The van der Waals surface area contributed by atoms with Crippen molar-refractivity contribution in [3.05, 3.63) is 18.0 Å². The number of carbonyl (C=O) groups is 2. The highest BCUT2D eigenvalue weighted by molar-refractivity contribution is 7.89. The fourth-order valence-electron chi connectivity index (χ4n) is 1.51. The van der Waals surface area contributed by atoms with Gasteiger partial charge in [0.15, 0.2) is 0 Å². The van der Waals surface area contributed by atoms with Crippen molar-refractivity contribution in [3.8, 4) is 0 Å². The van der Waals surface area contributed by atoms with E-state index in [4.69, 9.17) is 5.11 Å². The first-order valence-corrected chi connectivity index (χ1v) is 6.49. The van der Waals surface area contributed by atoms with E-state index in [1.54, 1.807) is 0 Å². The molecule has 1 aromatic rings. The van der Waals surface area contributed by atoms with Gasteiger partial charge in [-0.25, -0.2) is 13.2 Å². The van der Waals surface area contributed by atoms with E-state index in [-0.39, 0.29) is 23.6 Å². The molecule has 98 valence electrons. The molecule has 1 unspecified atom stereocenters. The van der Waals surface area contributed by atoms with Crippen LogP contribution in [0, 0.1) is 0 Å². The lowest BCUT2D eigenvalue weighted by Crippen LogP contribution is -2.37. The van der Waals surface area contributed by atoms with Crippen LogP contribution in [0.5, 0.6) is 0 Å². The van der Waals surface area contributed by atoms with Gasteiger partial charge in [0.1, 0.15) is 16.6 Å². The third kappa shape index (κ3) is 2.36. The number of H-pyrrole nitrogens is 1. The van der Waals surface area contributed by atoms with Gasteiger partial charge in [-0.2, -0.15) is 4.72 Å². The molecule has 3 N–H and O–H groups in total. The van der Waals surface area contributed by atoms with Gasteiger partial charge in [-0.15, -0.1) is 0 Å². The van der Waals surface area contributed by atoms with E-state index in [1.165, 1.54) is 0 Å². The zero-order valence-corrected chi connectivity index (χ0v) is 9.86. The van der Waals surface area contributed by atoms with Crippen molar-refractivity contribution in [2.75, 3.05) is 6.61 Å². The number of carboxylic acids is 1. The minimum atomic E-state index is -3.93. The topological polar surface area (TPSA) is 126 Å². The quantitative estimate of drug-likeness (QED) is 0.624. The molecular weight excluding hydrogens is 264 g/mol. The molecule has 1 aliphatic heterocycles. The lowest BCUT2D eigenvalue weighted by Gasteiger charge is -2.07. The van der Waals surface area contributed by atoms with Gasteiger partial charge in [0, 0.05) is 12.6 Å². The Morgan fingerprint density at radius 3 is 2.78 bits per heavy atom. The number of nitrogens with one attached hydrogen (secondary N) is 2. The number of ether oxygens (including phenoxy) is 1. The molecule has 0 bridgehead atoms. The Morgan fingerprint density at radius 2 is 2.28 bits per heavy atom. The van der Waals surface area contributed by atoms with Crippen molar-refractivity contribution < 1.29 is 27.9 Å². The maximum atomic E-state index is 11.8. The van der Waals surface area contributed by atoms with E-state index >= 15 is 0 Å². The summed E-state index contributed by atoms with van der Waals surface area (Å²) in [5, 5.41) is 8.67. The molecule has 8 nitrogen and oxygen atoms in total. The molecule has 0 amide bonds. The number of aromatic amines is 1. The van der Waals surface area contributed by atoms with Crippen molar-refractivity contribution in [2.24, 2.45) is 0 Å². The van der Waals surface area contributed by atoms with Gasteiger partial charge in [-0.3, -0.25) is 4.79 Å². The van der Waals surface area contributed by atoms with E-state index in [0.717, 1.165) is 12.3 Å². The predicted molar refractivity (Wildman–Crippen MR) is 57.4 cm³/mol. The van der Waals surface area contributed by atoms with Crippen molar-refractivity contribution >= 4 is 22.0 Å². The zero-order chi connectivity index (χ0) is 13.3. The zero-order valence-electron chi connectivity index (χ0n) is 9.04. The number of hydrogen-bond acceptors (Lipinski definition) is 5. The molecule has 1 aliphatic rings. The van der Waals surface area contributed by atoms with Crippen LogP contribution >= 0.6 is 0 Å². The van der Waals surface area contributed by atoms with E-state index in [2.05, 4.69) is 14.4 Å². The molecule has 0 spiro atoms. The van der Waals surface area contributed by atoms with Crippen LogP contribution in [0.2, 0.25) is 0 Å². The summed E-state index contributed by atoms with van der Waals surface area (Å²) in [6, 6.07) is 0.0588. The molecule has 1 atom stereocenters. The second kappa shape index (κ2) is 4.42. The fourth-order valence-corrected chi connectivity index (χ4v) is 2.72. The number of cyclic esters (lactones) is 1. The minimum absolute atomic E-state index is 0.166. The van der Waals surface area contributed by atoms with E-state index < -0.39 is 28.0 Å². The summed E-state index contributed by atoms with van der Waals surface area (Å²) in [4.78, 5) is 23.8. The summed E-state index contributed by atoms with van der Waals surface area (Å²) < 4.78 is 30.5. The number of aromatic carboxylic acids is 1. The number of esters is 1. The second-order valence-corrected chi connectivity index (χ2v) is 5.40. The van der Waals surface area contributed by atoms with Crippen LogP contribution in [-0.2, 0) is 19.6 Å². The molecule has 1 saturated heterocycles. The fraction of sp³-hybridized carbons (Fsp3) is 0.333. The van der Waals surface area contributed by atoms with Crippen LogP contribution in [-0.4, -0.2) is 43.1 Å². The van der Waals surface area contributed by atoms with E-state index in [1.807, 2.05) is 0 Å². The number of carboxylic acid groups (broad SMARTS) is 1. The Hall–Kier alpha value is -1.87. The summed E-state index contributed by atoms with van der Waals surface area (Å²) in [5.41, 5.74) is -0.246. The van der Waals surface area contributed by atoms with Gasteiger partial charge in [0.25, 0.3) is 0 Å². The number of rotatable bonds is 4. The van der Waals surface area contributed by atoms with Crippen molar-refractivity contribution in [1.29, 1.82) is 0 Å². The van der Waals surface area contributed by atoms with Gasteiger partial charge in [-0.1, -0.05) is 0 Å². The second-order valence-electron chi connectivity index (χ2n) is 3.68. The van der Waals surface area contributed by atoms with E-state index in [9.17, 15) is 18.0 Å². The average molecular weight is 274 g/mol. The lowest BCUT2D eigenvalue weighted by molar-refractivity contribution is -0.139. The minimum Gasteiger partial charge on any atom is -0.477 e. The number of hydrogen-bond donors (Lipinski definition) is 3. The van der Waals surface area contributed by atoms with Crippen LogP contribution < -0.4 is 4.72 Å². The van der Waals surface area contributed by atoms with Gasteiger partial charge < -0.3 is 14.8 Å². The molecule has 0 aliphatic carbocycles. The average Bonchev–Trinajstić information content (AvgIpc) is 2.88. The molecule has 0 aromatic carbocycles. The highest BCUT2D eigenvalue weighted by atomic mass is 32.2. The molecule has 1 fully saturated rings. The highest BCUT2D eigenvalue weighted by Crippen LogP contribution is 2.14. The Balaban J connectivity index is 2.19. The predicted octanol–water partition coefficient (Wildman–Crippen LogP) is -0.693. The molecular formula is C9H10N2O6S. The normalized spacial score (nSPS) is 19.8. The summed E-state index contributed by atoms with van der Waals surface area (Å²) in [7, 11) is -3.93. The van der Waals surface area contributed by atoms with Gasteiger partial charge in [-0.05, 0) is 6.07 Å². The van der Waals surface area contributed by atoms with E-state index in [0.29, 0.717) is 0 Å².